The van der Waals surface area contributed by atoms with Crippen molar-refractivity contribution in [1.29, 1.82) is 0 Å². The highest BCUT2D eigenvalue weighted by Crippen LogP contribution is 2.26. The topological polar surface area (TPSA) is 52.1 Å². The van der Waals surface area contributed by atoms with Crippen molar-refractivity contribution < 1.29 is 4.74 Å². The van der Waals surface area contributed by atoms with Gasteiger partial charge in [-0.3, -0.25) is 9.89 Å². The highest BCUT2D eigenvalue weighted by atomic mass is 16.5. The zero-order chi connectivity index (χ0) is 19.9. The van der Waals surface area contributed by atoms with Crippen LogP contribution in [-0.2, 0) is 17.7 Å². The summed E-state index contributed by atoms with van der Waals surface area (Å²) in [6.07, 6.45) is 2.62. The standard InChI is InChI=1S/C22H37N5O/c1-17(2)15-27-10-11-28-20(16-27)14-25-22(23-3)24-13-18-7-8-21-19(12-18)6-5-9-26(21)4/h7-8,12,17,20H,5-6,9-11,13-16H2,1-4H3,(H2,23,24,25). The summed E-state index contributed by atoms with van der Waals surface area (Å²) in [5.41, 5.74) is 4.13. The van der Waals surface area contributed by atoms with E-state index in [0.29, 0.717) is 5.92 Å². The van der Waals surface area contributed by atoms with Gasteiger partial charge in [-0.2, -0.15) is 0 Å². The van der Waals surface area contributed by atoms with Crippen LogP contribution in [0.15, 0.2) is 23.2 Å². The van der Waals surface area contributed by atoms with Crippen LogP contribution in [0, 0.1) is 5.92 Å². The second-order valence-corrected chi connectivity index (χ2v) is 8.44. The molecule has 3 rings (SSSR count). The number of nitrogens with zero attached hydrogens (tertiary/aromatic N) is 3. The second kappa shape index (κ2) is 10.1. The van der Waals surface area contributed by atoms with Crippen molar-refractivity contribution in [2.45, 2.75) is 39.3 Å². The maximum absolute atomic E-state index is 5.93. The average molecular weight is 388 g/mol. The van der Waals surface area contributed by atoms with Crippen LogP contribution in [0.5, 0.6) is 0 Å². The Balaban J connectivity index is 1.46. The molecule has 156 valence electrons. The summed E-state index contributed by atoms with van der Waals surface area (Å²) in [6.45, 7) is 11.2. The molecule has 2 heterocycles. The maximum atomic E-state index is 5.93. The molecule has 0 radical (unpaired) electrons. The van der Waals surface area contributed by atoms with Gasteiger partial charge in [-0.1, -0.05) is 26.0 Å². The molecule has 0 bridgehead atoms. The van der Waals surface area contributed by atoms with Crippen LogP contribution in [0.1, 0.15) is 31.4 Å². The van der Waals surface area contributed by atoms with Gasteiger partial charge < -0.3 is 20.3 Å². The van der Waals surface area contributed by atoms with E-state index >= 15 is 0 Å². The molecule has 0 spiro atoms. The van der Waals surface area contributed by atoms with E-state index in [4.69, 9.17) is 4.74 Å². The number of benzene rings is 1. The van der Waals surface area contributed by atoms with Crippen molar-refractivity contribution >= 4 is 11.6 Å². The van der Waals surface area contributed by atoms with Gasteiger partial charge in [0.25, 0.3) is 0 Å². The lowest BCUT2D eigenvalue weighted by Crippen LogP contribution is -2.50. The zero-order valence-electron chi connectivity index (χ0n) is 18.0. The van der Waals surface area contributed by atoms with Gasteiger partial charge in [0, 0.05) is 59.1 Å². The smallest absolute Gasteiger partial charge is 0.191 e. The van der Waals surface area contributed by atoms with Crippen LogP contribution in [0.4, 0.5) is 5.69 Å². The normalized spacial score (nSPS) is 21.0. The molecule has 28 heavy (non-hydrogen) atoms. The number of aliphatic imine (C=N–C) groups is 1. The maximum Gasteiger partial charge on any atom is 0.191 e. The highest BCUT2D eigenvalue weighted by Gasteiger charge is 2.21. The Labute approximate surface area is 170 Å². The van der Waals surface area contributed by atoms with E-state index in [9.17, 15) is 0 Å². The number of nitrogens with one attached hydrogen (secondary N) is 2. The van der Waals surface area contributed by atoms with Crippen LogP contribution in [0.3, 0.4) is 0 Å². The third-order valence-corrected chi connectivity index (χ3v) is 5.52. The molecule has 2 aliphatic rings. The molecule has 1 aromatic carbocycles. The summed E-state index contributed by atoms with van der Waals surface area (Å²) >= 11 is 0. The van der Waals surface area contributed by atoms with Crippen molar-refractivity contribution in [1.82, 2.24) is 15.5 Å². The van der Waals surface area contributed by atoms with Crippen LogP contribution < -0.4 is 15.5 Å². The monoisotopic (exact) mass is 387 g/mol. The SMILES string of the molecule is CN=C(NCc1ccc2c(c1)CCCN2C)NCC1CN(CC(C)C)CCO1. The molecule has 6 nitrogen and oxygen atoms in total. The molecule has 1 aromatic rings. The lowest BCUT2D eigenvalue weighted by atomic mass is 9.99. The van der Waals surface area contributed by atoms with E-state index < -0.39 is 0 Å². The van der Waals surface area contributed by atoms with Crippen molar-refractivity contribution in [3.63, 3.8) is 0 Å². The third kappa shape index (κ3) is 5.85. The van der Waals surface area contributed by atoms with Crippen LogP contribution >= 0.6 is 0 Å². The molecule has 6 heteroatoms. The number of aryl methyl sites for hydroxylation is 1. The van der Waals surface area contributed by atoms with Gasteiger partial charge in [0.1, 0.15) is 0 Å². The summed E-state index contributed by atoms with van der Waals surface area (Å²) in [5.74, 6) is 1.52. The van der Waals surface area contributed by atoms with Gasteiger partial charge in [0.2, 0.25) is 0 Å². The predicted molar refractivity (Wildman–Crippen MR) is 117 cm³/mol. The fourth-order valence-corrected chi connectivity index (χ4v) is 4.15. The van der Waals surface area contributed by atoms with Crippen molar-refractivity contribution in [2.24, 2.45) is 10.9 Å². The Morgan fingerprint density at radius 1 is 1.29 bits per heavy atom. The number of hydrogen-bond acceptors (Lipinski definition) is 4. The number of rotatable bonds is 6. The number of anilines is 1. The van der Waals surface area contributed by atoms with Gasteiger partial charge in [-0.25, -0.2) is 0 Å². The van der Waals surface area contributed by atoms with Crippen LogP contribution in [0.25, 0.3) is 0 Å². The van der Waals surface area contributed by atoms with E-state index in [-0.39, 0.29) is 6.10 Å². The molecular weight excluding hydrogens is 350 g/mol. The minimum Gasteiger partial charge on any atom is -0.374 e. The molecule has 0 aromatic heterocycles. The van der Waals surface area contributed by atoms with E-state index in [1.807, 2.05) is 7.05 Å². The Morgan fingerprint density at radius 3 is 2.93 bits per heavy atom. The molecule has 2 aliphatic heterocycles. The molecule has 0 amide bonds. The first-order valence-electron chi connectivity index (χ1n) is 10.7. The van der Waals surface area contributed by atoms with Gasteiger partial charge in [0.15, 0.2) is 5.96 Å². The van der Waals surface area contributed by atoms with Crippen LogP contribution in [0.2, 0.25) is 0 Å². The van der Waals surface area contributed by atoms with E-state index in [1.54, 1.807) is 0 Å². The molecule has 1 unspecified atom stereocenters. The van der Waals surface area contributed by atoms with Crippen molar-refractivity contribution in [3.05, 3.63) is 29.3 Å². The Kier molecular flexibility index (Phi) is 7.57. The minimum absolute atomic E-state index is 0.213. The lowest BCUT2D eigenvalue weighted by molar-refractivity contribution is -0.0284. The number of fused-ring (bicyclic) bond motifs is 1. The predicted octanol–water partition coefficient (Wildman–Crippen LogP) is 2.09. The summed E-state index contributed by atoms with van der Waals surface area (Å²) in [7, 11) is 4.00. The quantitative estimate of drug-likeness (QED) is 0.578. The van der Waals surface area contributed by atoms with E-state index in [1.165, 1.54) is 29.7 Å². The number of hydrogen-bond donors (Lipinski definition) is 2. The fraction of sp³-hybridized carbons (Fsp3) is 0.682. The number of guanidine groups is 1. The molecule has 1 saturated heterocycles. The largest absolute Gasteiger partial charge is 0.374 e. The fourth-order valence-electron chi connectivity index (χ4n) is 4.15. The summed E-state index contributed by atoms with van der Waals surface area (Å²) in [4.78, 5) is 9.22. The van der Waals surface area contributed by atoms with Crippen LogP contribution in [-0.4, -0.2) is 70.4 Å². The Bertz CT molecular complexity index is 660. The van der Waals surface area contributed by atoms with Gasteiger partial charge >= 0.3 is 0 Å². The van der Waals surface area contributed by atoms with Gasteiger partial charge in [-0.05, 0) is 36.0 Å². The molecule has 1 atom stereocenters. The Hall–Kier alpha value is -1.79. The van der Waals surface area contributed by atoms with Gasteiger partial charge in [0.05, 0.1) is 12.7 Å². The van der Waals surface area contributed by atoms with E-state index in [2.05, 4.69) is 64.5 Å². The Morgan fingerprint density at radius 2 is 2.14 bits per heavy atom. The van der Waals surface area contributed by atoms with Crippen molar-refractivity contribution in [2.75, 3.05) is 58.3 Å². The molecular formula is C22H37N5O. The molecule has 1 fully saturated rings. The molecule has 2 N–H and O–H groups in total. The summed E-state index contributed by atoms with van der Waals surface area (Å²) in [5, 5.41) is 6.87. The van der Waals surface area contributed by atoms with Crippen molar-refractivity contribution in [3.8, 4) is 0 Å². The summed E-state index contributed by atoms with van der Waals surface area (Å²) in [6, 6.07) is 6.80. The second-order valence-electron chi connectivity index (χ2n) is 8.44. The molecule has 0 aliphatic carbocycles. The minimum atomic E-state index is 0.213. The first kappa shape index (κ1) is 20.9. The zero-order valence-corrected chi connectivity index (χ0v) is 18.0. The first-order valence-corrected chi connectivity index (χ1v) is 10.7. The average Bonchev–Trinajstić information content (AvgIpc) is 2.68. The third-order valence-electron chi connectivity index (χ3n) is 5.52. The lowest BCUT2D eigenvalue weighted by Gasteiger charge is -2.34. The number of ether oxygens (including phenoxy) is 1. The number of morpholine rings is 1. The molecule has 0 saturated carbocycles. The summed E-state index contributed by atoms with van der Waals surface area (Å²) < 4.78 is 5.93. The van der Waals surface area contributed by atoms with Gasteiger partial charge in [-0.15, -0.1) is 0 Å². The highest BCUT2D eigenvalue weighted by molar-refractivity contribution is 5.79. The first-order chi connectivity index (χ1) is 13.5. The van der Waals surface area contributed by atoms with E-state index in [0.717, 1.165) is 51.8 Å².